The summed E-state index contributed by atoms with van der Waals surface area (Å²) < 4.78 is 21.4. The number of benzene rings is 3. The Morgan fingerprint density at radius 3 is 2.58 bits per heavy atom. The van der Waals surface area contributed by atoms with Gasteiger partial charge >= 0.3 is 0 Å². The van der Waals surface area contributed by atoms with Gasteiger partial charge in [-0.15, -0.1) is 6.42 Å². The summed E-state index contributed by atoms with van der Waals surface area (Å²) in [5.41, 5.74) is 4.69. The first-order valence-electron chi connectivity index (χ1n) is 13.6. The maximum Gasteiger partial charge on any atom is 0.232 e. The lowest BCUT2D eigenvalue weighted by molar-refractivity contribution is -0.118. The Labute approximate surface area is 236 Å². The predicted molar refractivity (Wildman–Crippen MR) is 159 cm³/mol. The van der Waals surface area contributed by atoms with Gasteiger partial charge in [-0.1, -0.05) is 63.4 Å². The van der Waals surface area contributed by atoms with Crippen LogP contribution < -0.4 is 15.0 Å². The number of nitrogens with zero attached hydrogens (tertiary/aromatic N) is 1. The third-order valence-electron chi connectivity index (χ3n) is 7.77. The van der Waals surface area contributed by atoms with Gasteiger partial charge in [-0.05, 0) is 66.6 Å². The third kappa shape index (κ3) is 5.99. The highest BCUT2D eigenvalue weighted by Gasteiger charge is 2.37. The van der Waals surface area contributed by atoms with Crippen molar-refractivity contribution in [1.82, 2.24) is 0 Å². The molecule has 3 aromatic carbocycles. The van der Waals surface area contributed by atoms with Gasteiger partial charge in [-0.25, -0.2) is 4.39 Å². The predicted octanol–water partition coefficient (Wildman–Crippen LogP) is 7.69. The van der Waals surface area contributed by atoms with Crippen molar-refractivity contribution >= 4 is 17.3 Å². The monoisotopic (exact) mass is 540 g/mol. The molecule has 1 atom stereocenters. The van der Waals surface area contributed by atoms with Crippen LogP contribution in [-0.4, -0.2) is 17.6 Å². The number of phenols is 1. The molecule has 1 amide bonds. The van der Waals surface area contributed by atoms with Gasteiger partial charge in [0.2, 0.25) is 5.91 Å². The molecule has 0 fully saturated rings. The Balaban J connectivity index is 1.95. The van der Waals surface area contributed by atoms with E-state index in [0.717, 1.165) is 28.8 Å². The molecule has 208 valence electrons. The Kier molecular flexibility index (Phi) is 8.54. The van der Waals surface area contributed by atoms with Gasteiger partial charge in [0.15, 0.2) is 0 Å². The van der Waals surface area contributed by atoms with Crippen molar-refractivity contribution in [3.8, 4) is 23.8 Å². The zero-order valence-electron chi connectivity index (χ0n) is 23.8. The number of terminal acetylenes is 1. The topological polar surface area (TPSA) is 61.8 Å². The Hall–Kier alpha value is -4.24. The van der Waals surface area contributed by atoms with Crippen molar-refractivity contribution in [2.24, 2.45) is 5.41 Å². The molecule has 0 aromatic heterocycles. The maximum atomic E-state index is 15.9. The second-order valence-corrected chi connectivity index (χ2v) is 11.1. The zero-order chi connectivity index (χ0) is 29.0. The summed E-state index contributed by atoms with van der Waals surface area (Å²) in [5.74, 6) is 2.00. The largest absolute Gasteiger partial charge is 0.506 e. The maximum absolute atomic E-state index is 15.9. The van der Waals surface area contributed by atoms with Crippen molar-refractivity contribution in [3.63, 3.8) is 0 Å². The lowest BCUT2D eigenvalue weighted by Crippen LogP contribution is -2.37. The number of para-hydroxylation sites is 1. The van der Waals surface area contributed by atoms with Crippen LogP contribution in [0.3, 0.4) is 0 Å². The van der Waals surface area contributed by atoms with E-state index in [1.807, 2.05) is 38.1 Å². The smallest absolute Gasteiger partial charge is 0.232 e. The fourth-order valence-corrected chi connectivity index (χ4v) is 5.04. The van der Waals surface area contributed by atoms with Crippen molar-refractivity contribution in [2.75, 3.05) is 16.8 Å². The number of allylic oxidation sites excluding steroid dienone is 1. The van der Waals surface area contributed by atoms with Crippen LogP contribution in [0, 0.1) is 30.5 Å². The molecule has 1 aliphatic rings. The molecule has 1 aliphatic heterocycles. The van der Waals surface area contributed by atoms with Crippen LogP contribution in [0.15, 0.2) is 71.9 Å². The van der Waals surface area contributed by atoms with E-state index in [9.17, 15) is 9.90 Å². The fraction of sp³-hybridized carbons (Fsp3) is 0.324. The number of halogens is 1. The van der Waals surface area contributed by atoms with Crippen LogP contribution in [0.1, 0.15) is 63.3 Å². The molecule has 4 rings (SSSR count). The number of carbonyl (C=O) groups is 1. The number of aryl methyl sites for hydroxylation is 1. The van der Waals surface area contributed by atoms with Gasteiger partial charge < -0.3 is 15.2 Å². The quantitative estimate of drug-likeness (QED) is 0.227. The Morgan fingerprint density at radius 1 is 1.15 bits per heavy atom. The van der Waals surface area contributed by atoms with Crippen LogP contribution in [0.4, 0.5) is 15.8 Å². The van der Waals surface area contributed by atoms with E-state index >= 15 is 4.39 Å². The van der Waals surface area contributed by atoms with E-state index < -0.39 is 11.9 Å². The van der Waals surface area contributed by atoms with Gasteiger partial charge in [0, 0.05) is 17.3 Å². The molecule has 1 unspecified atom stereocenters. The highest BCUT2D eigenvalue weighted by molar-refractivity contribution is 6.01. The summed E-state index contributed by atoms with van der Waals surface area (Å²) in [4.78, 5) is 15.9. The number of aromatic hydroxyl groups is 1. The van der Waals surface area contributed by atoms with Crippen LogP contribution in [0.25, 0.3) is 0 Å². The molecule has 0 saturated carbocycles. The molecule has 0 aliphatic carbocycles. The van der Waals surface area contributed by atoms with Crippen molar-refractivity contribution < 1.29 is 19.0 Å². The standard InChI is InChI=1S/C34H37FN2O3/c1-7-18-40-25-16-17-26(27(35)20-25)33-23(4)28(21-34(5,6)8-2)36-32-29(14-11-15-30(32)38)37(33)31(39)19-24-13-10-9-12-22(24)3/h1,9-17,20,33,36,38H,8,18-19,21H2,2-6H3. The van der Waals surface area contributed by atoms with Crippen molar-refractivity contribution in [1.29, 1.82) is 0 Å². The molecule has 40 heavy (non-hydrogen) atoms. The summed E-state index contributed by atoms with van der Waals surface area (Å²) in [5, 5.41) is 14.4. The summed E-state index contributed by atoms with van der Waals surface area (Å²) in [6.45, 7) is 10.4. The molecule has 5 nitrogen and oxygen atoms in total. The lowest BCUT2D eigenvalue weighted by atomic mass is 9.83. The Morgan fingerprint density at radius 2 is 1.90 bits per heavy atom. The minimum Gasteiger partial charge on any atom is -0.506 e. The lowest BCUT2D eigenvalue weighted by Gasteiger charge is -2.33. The van der Waals surface area contributed by atoms with Gasteiger partial charge in [-0.3, -0.25) is 9.69 Å². The van der Waals surface area contributed by atoms with Crippen molar-refractivity contribution in [3.05, 3.63) is 94.4 Å². The second kappa shape index (κ2) is 11.9. The molecular formula is C34H37FN2O3. The summed E-state index contributed by atoms with van der Waals surface area (Å²) in [6.07, 6.45) is 6.98. The molecule has 3 aromatic rings. The number of phenolic OH excluding ortho intramolecular Hbond substituents is 1. The minimum atomic E-state index is -0.767. The fourth-order valence-electron chi connectivity index (χ4n) is 5.04. The summed E-state index contributed by atoms with van der Waals surface area (Å²) >= 11 is 0. The number of hydrogen-bond acceptors (Lipinski definition) is 4. The molecule has 0 bridgehead atoms. The molecule has 0 radical (unpaired) electrons. The number of hydrogen-bond donors (Lipinski definition) is 2. The van der Waals surface area contributed by atoms with Gasteiger partial charge in [-0.2, -0.15) is 0 Å². The first-order valence-corrected chi connectivity index (χ1v) is 13.6. The van der Waals surface area contributed by atoms with Crippen LogP contribution in [-0.2, 0) is 11.2 Å². The highest BCUT2D eigenvalue weighted by atomic mass is 19.1. The molecule has 0 spiro atoms. The number of nitrogens with one attached hydrogen (secondary N) is 1. The average Bonchev–Trinajstić information content (AvgIpc) is 3.04. The number of carbonyl (C=O) groups excluding carboxylic acids is 1. The molecule has 0 saturated heterocycles. The summed E-state index contributed by atoms with van der Waals surface area (Å²) in [7, 11) is 0. The van der Waals surface area contributed by atoms with Crippen molar-refractivity contribution in [2.45, 2.75) is 59.9 Å². The van der Waals surface area contributed by atoms with Crippen LogP contribution >= 0.6 is 0 Å². The molecule has 2 N–H and O–H groups in total. The van der Waals surface area contributed by atoms with E-state index in [-0.39, 0.29) is 30.1 Å². The third-order valence-corrected chi connectivity index (χ3v) is 7.77. The van der Waals surface area contributed by atoms with Gasteiger partial charge in [0.25, 0.3) is 0 Å². The SMILES string of the molecule is C#CCOc1ccc(C2C(C)=C(CC(C)(C)CC)Nc3c(O)cccc3N2C(=O)Cc2ccccc2C)c(F)c1. The van der Waals surface area contributed by atoms with E-state index in [1.165, 1.54) is 6.07 Å². The number of anilines is 2. The summed E-state index contributed by atoms with van der Waals surface area (Å²) in [6, 6.07) is 16.7. The normalized spacial score (nSPS) is 15.1. The molecule has 1 heterocycles. The van der Waals surface area contributed by atoms with E-state index in [2.05, 4.69) is 32.0 Å². The second-order valence-electron chi connectivity index (χ2n) is 11.1. The van der Waals surface area contributed by atoms with Gasteiger partial charge in [0.1, 0.15) is 29.6 Å². The molecular weight excluding hydrogens is 503 g/mol. The van der Waals surface area contributed by atoms with Crippen LogP contribution in [0.5, 0.6) is 11.5 Å². The van der Waals surface area contributed by atoms with E-state index in [4.69, 9.17) is 11.2 Å². The first kappa shape index (κ1) is 28.8. The minimum absolute atomic E-state index is 0.0185. The zero-order valence-corrected chi connectivity index (χ0v) is 23.8. The number of ether oxygens (including phenoxy) is 1. The van der Waals surface area contributed by atoms with Crippen LogP contribution in [0.2, 0.25) is 0 Å². The number of amides is 1. The van der Waals surface area contributed by atoms with Gasteiger partial charge in [0.05, 0.1) is 18.2 Å². The Bertz CT molecular complexity index is 1480. The van der Waals surface area contributed by atoms with E-state index in [0.29, 0.717) is 29.1 Å². The molecule has 6 heteroatoms. The number of rotatable bonds is 8. The number of fused-ring (bicyclic) bond motifs is 1. The highest BCUT2D eigenvalue weighted by Crippen LogP contribution is 2.48. The first-order chi connectivity index (χ1) is 19.1. The van der Waals surface area contributed by atoms with E-state index in [1.54, 1.807) is 35.2 Å². The average molecular weight is 541 g/mol.